The summed E-state index contributed by atoms with van der Waals surface area (Å²) < 4.78 is 30.4. The molecular weight excluding hydrogens is 360 g/mol. The minimum atomic E-state index is -3.79. The Morgan fingerprint density at radius 3 is 2.54 bits per heavy atom. The molecule has 0 spiro atoms. The van der Waals surface area contributed by atoms with E-state index in [-0.39, 0.29) is 23.9 Å². The Morgan fingerprint density at radius 1 is 1.19 bits per heavy atom. The summed E-state index contributed by atoms with van der Waals surface area (Å²) in [5, 5.41) is 9.15. The van der Waals surface area contributed by atoms with Crippen LogP contribution in [0.3, 0.4) is 0 Å². The number of furan rings is 1. The van der Waals surface area contributed by atoms with Gasteiger partial charge in [-0.3, -0.25) is 9.59 Å². The van der Waals surface area contributed by atoms with Gasteiger partial charge in [-0.15, -0.1) is 0 Å². The number of fused-ring (bicyclic) bond motifs is 1. The Labute approximate surface area is 150 Å². The highest BCUT2D eigenvalue weighted by atomic mass is 32.2. The van der Waals surface area contributed by atoms with Crippen molar-refractivity contribution in [1.29, 1.82) is 0 Å². The highest BCUT2D eigenvalue weighted by molar-refractivity contribution is 7.88. The lowest BCUT2D eigenvalue weighted by atomic mass is 9.89. The summed E-state index contributed by atoms with van der Waals surface area (Å²) in [6, 6.07) is 9.56. The van der Waals surface area contributed by atoms with Crippen LogP contribution >= 0.6 is 0 Å². The molecule has 3 rings (SSSR count). The van der Waals surface area contributed by atoms with E-state index in [2.05, 4.69) is 0 Å². The van der Waals surface area contributed by atoms with E-state index >= 15 is 0 Å². The van der Waals surface area contributed by atoms with Crippen LogP contribution in [0.4, 0.5) is 0 Å². The monoisotopic (exact) mass is 378 g/mol. The van der Waals surface area contributed by atoms with Crippen LogP contribution in [0, 0.1) is 0 Å². The van der Waals surface area contributed by atoms with Crippen molar-refractivity contribution in [2.24, 2.45) is 0 Å². The molecule has 138 valence electrons. The van der Waals surface area contributed by atoms with Gasteiger partial charge in [-0.1, -0.05) is 24.3 Å². The normalized spacial score (nSPS) is 17.2. The zero-order valence-corrected chi connectivity index (χ0v) is 15.1. The molecule has 0 fully saturated rings. The minimum Gasteiger partial charge on any atom is -0.481 e. The average molecular weight is 378 g/mol. The first-order valence-electron chi connectivity index (χ1n) is 7.84. The van der Waals surface area contributed by atoms with Crippen LogP contribution < -0.4 is 0 Å². The van der Waals surface area contributed by atoms with Crippen LogP contribution in [-0.2, 0) is 21.4 Å². The number of aliphatic carboxylic acids is 1. The van der Waals surface area contributed by atoms with E-state index in [1.807, 2.05) is 0 Å². The number of carboxylic acids is 1. The standard InChI is InChI=1S/C17H18N2O6S/c1-18(2)26(23,24)15-8-7-14(25-15)16(20)19-9-11-5-3-4-6-12(11)13(10-19)17(21)22/h3-8,13H,9-10H2,1-2H3,(H,21,22). The summed E-state index contributed by atoms with van der Waals surface area (Å²) in [7, 11) is -1.07. The van der Waals surface area contributed by atoms with Gasteiger partial charge < -0.3 is 14.4 Å². The molecule has 1 atom stereocenters. The number of sulfonamides is 1. The van der Waals surface area contributed by atoms with Gasteiger partial charge in [0, 0.05) is 27.2 Å². The molecule has 0 aliphatic carbocycles. The molecule has 1 aromatic carbocycles. The molecule has 9 heteroatoms. The van der Waals surface area contributed by atoms with Gasteiger partial charge in [0.1, 0.15) is 0 Å². The summed E-state index contributed by atoms with van der Waals surface area (Å²) >= 11 is 0. The van der Waals surface area contributed by atoms with Crippen molar-refractivity contribution in [2.45, 2.75) is 17.6 Å². The lowest BCUT2D eigenvalue weighted by molar-refractivity contribution is -0.139. The third-order valence-corrected chi connectivity index (χ3v) is 6.00. The predicted molar refractivity (Wildman–Crippen MR) is 91.1 cm³/mol. The maximum atomic E-state index is 12.7. The Hall–Kier alpha value is -2.65. The summed E-state index contributed by atoms with van der Waals surface area (Å²) in [6.07, 6.45) is 0. The van der Waals surface area contributed by atoms with Crippen LogP contribution in [-0.4, -0.2) is 55.2 Å². The van der Waals surface area contributed by atoms with Gasteiger partial charge in [-0.25, -0.2) is 12.7 Å². The fraction of sp³-hybridized carbons (Fsp3) is 0.294. The number of carbonyl (C=O) groups excluding carboxylic acids is 1. The van der Waals surface area contributed by atoms with Crippen LogP contribution in [0.2, 0.25) is 0 Å². The smallest absolute Gasteiger partial charge is 0.312 e. The van der Waals surface area contributed by atoms with Gasteiger partial charge in [-0.05, 0) is 23.3 Å². The molecule has 1 aliphatic rings. The average Bonchev–Trinajstić information content (AvgIpc) is 3.10. The first-order valence-corrected chi connectivity index (χ1v) is 9.28. The lowest BCUT2D eigenvalue weighted by Crippen LogP contribution is -2.40. The van der Waals surface area contributed by atoms with Crippen LogP contribution in [0.1, 0.15) is 27.6 Å². The Bertz CT molecular complexity index is 963. The maximum Gasteiger partial charge on any atom is 0.312 e. The molecular formula is C17H18N2O6S. The summed E-state index contributed by atoms with van der Waals surface area (Å²) in [4.78, 5) is 25.7. The Morgan fingerprint density at radius 2 is 1.88 bits per heavy atom. The van der Waals surface area contributed by atoms with Crippen molar-refractivity contribution in [1.82, 2.24) is 9.21 Å². The fourth-order valence-corrected chi connectivity index (χ4v) is 3.68. The summed E-state index contributed by atoms with van der Waals surface area (Å²) in [5.41, 5.74) is 1.42. The number of benzene rings is 1. The molecule has 1 aromatic heterocycles. The Kier molecular flexibility index (Phi) is 4.59. The van der Waals surface area contributed by atoms with Crippen molar-refractivity contribution in [3.8, 4) is 0 Å². The lowest BCUT2D eigenvalue weighted by Gasteiger charge is -2.32. The van der Waals surface area contributed by atoms with E-state index in [1.54, 1.807) is 24.3 Å². The number of nitrogens with zero attached hydrogens (tertiary/aromatic N) is 2. The second-order valence-electron chi connectivity index (χ2n) is 6.18. The van der Waals surface area contributed by atoms with Crippen LogP contribution in [0.25, 0.3) is 0 Å². The Balaban J connectivity index is 1.90. The van der Waals surface area contributed by atoms with E-state index in [0.717, 1.165) is 9.87 Å². The van der Waals surface area contributed by atoms with Gasteiger partial charge in [0.2, 0.25) is 5.09 Å². The third-order valence-electron chi connectivity index (χ3n) is 4.31. The molecule has 26 heavy (non-hydrogen) atoms. The second-order valence-corrected chi connectivity index (χ2v) is 8.26. The molecule has 2 heterocycles. The SMILES string of the molecule is CN(C)S(=O)(=O)c1ccc(C(=O)N2Cc3ccccc3C(C(=O)O)C2)o1. The van der Waals surface area contributed by atoms with Crippen molar-refractivity contribution < 1.29 is 27.5 Å². The highest BCUT2D eigenvalue weighted by Crippen LogP contribution is 2.30. The zero-order chi connectivity index (χ0) is 19.1. The van der Waals surface area contributed by atoms with Gasteiger partial charge in [0.05, 0.1) is 5.92 Å². The molecule has 0 saturated carbocycles. The van der Waals surface area contributed by atoms with E-state index in [9.17, 15) is 23.1 Å². The summed E-state index contributed by atoms with van der Waals surface area (Å²) in [6.45, 7) is 0.219. The van der Waals surface area contributed by atoms with E-state index in [1.165, 1.54) is 31.1 Å². The molecule has 1 aliphatic heterocycles. The quantitative estimate of drug-likeness (QED) is 0.860. The molecule has 0 bridgehead atoms. The second kappa shape index (κ2) is 6.58. The van der Waals surface area contributed by atoms with Gasteiger partial charge in [0.15, 0.2) is 5.76 Å². The van der Waals surface area contributed by atoms with Gasteiger partial charge >= 0.3 is 5.97 Å². The molecule has 1 N–H and O–H groups in total. The molecule has 8 nitrogen and oxygen atoms in total. The molecule has 1 unspecified atom stereocenters. The first-order chi connectivity index (χ1) is 12.2. The molecule has 1 amide bonds. The molecule has 0 radical (unpaired) electrons. The van der Waals surface area contributed by atoms with Crippen LogP contribution in [0.15, 0.2) is 45.9 Å². The van der Waals surface area contributed by atoms with Crippen molar-refractivity contribution in [2.75, 3.05) is 20.6 Å². The predicted octanol–water partition coefficient (Wildman–Crippen LogP) is 1.35. The number of rotatable bonds is 4. The van der Waals surface area contributed by atoms with Crippen molar-refractivity contribution >= 4 is 21.9 Å². The maximum absolute atomic E-state index is 12.7. The topological polar surface area (TPSA) is 108 Å². The minimum absolute atomic E-state index is 0.0123. The molecule has 0 saturated heterocycles. The third kappa shape index (κ3) is 3.11. The summed E-state index contributed by atoms with van der Waals surface area (Å²) in [5.74, 6) is -2.56. The van der Waals surface area contributed by atoms with E-state index in [0.29, 0.717) is 5.56 Å². The molecule has 2 aromatic rings. The fourth-order valence-electron chi connectivity index (χ4n) is 2.88. The highest BCUT2D eigenvalue weighted by Gasteiger charge is 2.34. The van der Waals surface area contributed by atoms with Gasteiger partial charge in [-0.2, -0.15) is 0 Å². The van der Waals surface area contributed by atoms with E-state index in [4.69, 9.17) is 4.42 Å². The number of carboxylic acid groups (broad SMARTS) is 1. The number of carbonyl (C=O) groups is 2. The zero-order valence-electron chi connectivity index (χ0n) is 14.2. The number of hydrogen-bond donors (Lipinski definition) is 1. The van der Waals surface area contributed by atoms with Crippen molar-refractivity contribution in [3.63, 3.8) is 0 Å². The van der Waals surface area contributed by atoms with Crippen LogP contribution in [0.5, 0.6) is 0 Å². The largest absolute Gasteiger partial charge is 0.481 e. The van der Waals surface area contributed by atoms with Gasteiger partial charge in [0.25, 0.3) is 15.9 Å². The first kappa shape index (κ1) is 18.2. The van der Waals surface area contributed by atoms with E-state index < -0.39 is 27.8 Å². The number of hydrogen-bond acceptors (Lipinski definition) is 5. The van der Waals surface area contributed by atoms with Crippen molar-refractivity contribution in [3.05, 3.63) is 53.3 Å². The number of amides is 1.